The van der Waals surface area contributed by atoms with E-state index in [1.54, 1.807) is 0 Å². The molecule has 3 rings (SSSR count). The minimum absolute atomic E-state index is 0.146. The number of rotatable bonds is 2. The molecule has 0 bridgehead atoms. The topological polar surface area (TPSA) is 29.5 Å². The SMILES string of the molecule is CCC(C)N1CCC2(CC1)OC(=O)c1ccccc12. The van der Waals surface area contributed by atoms with Crippen molar-refractivity contribution in [2.24, 2.45) is 0 Å². The normalized spacial score (nSPS) is 23.2. The Hall–Kier alpha value is -1.35. The van der Waals surface area contributed by atoms with Gasteiger partial charge in [-0.2, -0.15) is 0 Å². The molecule has 1 aromatic rings. The summed E-state index contributed by atoms with van der Waals surface area (Å²) in [6.07, 6.45) is 3.00. The van der Waals surface area contributed by atoms with E-state index in [-0.39, 0.29) is 11.6 Å². The summed E-state index contributed by atoms with van der Waals surface area (Å²) in [5.41, 5.74) is 1.51. The molecule has 1 atom stereocenters. The fourth-order valence-corrected chi connectivity index (χ4v) is 3.30. The maximum Gasteiger partial charge on any atom is 0.339 e. The van der Waals surface area contributed by atoms with E-state index in [0.29, 0.717) is 6.04 Å². The number of ether oxygens (including phenoxy) is 1. The summed E-state index contributed by atoms with van der Waals surface area (Å²) in [4.78, 5) is 14.5. The quantitative estimate of drug-likeness (QED) is 0.765. The number of carbonyl (C=O) groups is 1. The van der Waals surface area contributed by atoms with Crippen molar-refractivity contribution in [3.63, 3.8) is 0 Å². The standard InChI is InChI=1S/C16H21NO2/c1-3-12(2)17-10-8-16(9-11-17)14-7-5-4-6-13(14)15(18)19-16/h4-7,12H,3,8-11H2,1-2H3. The second kappa shape index (κ2) is 4.64. The Kier molecular flexibility index (Phi) is 3.09. The molecule has 1 aromatic carbocycles. The molecule has 0 aromatic heterocycles. The van der Waals surface area contributed by atoms with E-state index in [4.69, 9.17) is 4.74 Å². The van der Waals surface area contributed by atoms with Crippen molar-refractivity contribution in [3.8, 4) is 0 Å². The summed E-state index contributed by atoms with van der Waals surface area (Å²) in [7, 11) is 0. The average Bonchev–Trinajstić information content (AvgIpc) is 2.72. The second-order valence-corrected chi connectivity index (χ2v) is 5.72. The molecule has 2 aliphatic rings. The summed E-state index contributed by atoms with van der Waals surface area (Å²) in [5, 5.41) is 0. The predicted molar refractivity (Wildman–Crippen MR) is 74.1 cm³/mol. The third-order valence-electron chi connectivity index (χ3n) is 4.75. The molecule has 0 radical (unpaired) electrons. The van der Waals surface area contributed by atoms with Gasteiger partial charge in [-0.1, -0.05) is 25.1 Å². The van der Waals surface area contributed by atoms with E-state index < -0.39 is 0 Å². The number of piperidine rings is 1. The van der Waals surface area contributed by atoms with Gasteiger partial charge in [0.05, 0.1) is 5.56 Å². The summed E-state index contributed by atoms with van der Waals surface area (Å²) in [5.74, 6) is -0.146. The molecule has 1 fully saturated rings. The van der Waals surface area contributed by atoms with E-state index in [9.17, 15) is 4.79 Å². The van der Waals surface area contributed by atoms with Crippen LogP contribution in [0.1, 0.15) is 49.0 Å². The monoisotopic (exact) mass is 259 g/mol. The fourth-order valence-electron chi connectivity index (χ4n) is 3.30. The molecule has 1 saturated heterocycles. The van der Waals surface area contributed by atoms with Crippen LogP contribution in [-0.2, 0) is 10.3 Å². The maximum atomic E-state index is 12.0. The maximum absolute atomic E-state index is 12.0. The van der Waals surface area contributed by atoms with Gasteiger partial charge in [0, 0.05) is 37.5 Å². The first-order valence-corrected chi connectivity index (χ1v) is 7.23. The lowest BCUT2D eigenvalue weighted by Crippen LogP contribution is -2.46. The van der Waals surface area contributed by atoms with Crippen LogP contribution in [0.2, 0.25) is 0 Å². The minimum atomic E-state index is -0.350. The molecule has 3 nitrogen and oxygen atoms in total. The molecule has 0 N–H and O–H groups in total. The number of likely N-dealkylation sites (tertiary alicyclic amines) is 1. The summed E-state index contributed by atoms with van der Waals surface area (Å²) in [6, 6.07) is 8.47. The highest BCUT2D eigenvalue weighted by molar-refractivity contribution is 5.94. The zero-order valence-electron chi connectivity index (χ0n) is 11.7. The van der Waals surface area contributed by atoms with Gasteiger partial charge in [-0.05, 0) is 19.4 Å². The van der Waals surface area contributed by atoms with Crippen LogP contribution >= 0.6 is 0 Å². The Morgan fingerprint density at radius 1 is 1.32 bits per heavy atom. The Morgan fingerprint density at radius 2 is 2.00 bits per heavy atom. The fraction of sp³-hybridized carbons (Fsp3) is 0.562. The van der Waals surface area contributed by atoms with Crippen LogP contribution in [-0.4, -0.2) is 30.0 Å². The molecule has 1 unspecified atom stereocenters. The van der Waals surface area contributed by atoms with Gasteiger partial charge in [0.2, 0.25) is 0 Å². The van der Waals surface area contributed by atoms with E-state index in [0.717, 1.165) is 37.1 Å². The number of esters is 1. The Morgan fingerprint density at radius 3 is 2.68 bits per heavy atom. The summed E-state index contributed by atoms with van der Waals surface area (Å²) < 4.78 is 5.76. The van der Waals surface area contributed by atoms with Crippen molar-refractivity contribution >= 4 is 5.97 Å². The molecule has 0 aliphatic carbocycles. The lowest BCUT2D eigenvalue weighted by atomic mass is 9.83. The molecule has 1 spiro atoms. The number of carbonyl (C=O) groups excluding carboxylic acids is 1. The molecule has 0 amide bonds. The molecular formula is C16H21NO2. The van der Waals surface area contributed by atoms with E-state index >= 15 is 0 Å². The highest BCUT2D eigenvalue weighted by Gasteiger charge is 2.47. The van der Waals surface area contributed by atoms with Crippen molar-refractivity contribution in [2.45, 2.75) is 44.8 Å². The van der Waals surface area contributed by atoms with Crippen LogP contribution in [0, 0.1) is 0 Å². The second-order valence-electron chi connectivity index (χ2n) is 5.72. The van der Waals surface area contributed by atoms with Gasteiger partial charge in [-0.25, -0.2) is 4.79 Å². The Balaban J connectivity index is 1.83. The van der Waals surface area contributed by atoms with Crippen molar-refractivity contribution in [1.29, 1.82) is 0 Å². The van der Waals surface area contributed by atoms with Crippen molar-refractivity contribution < 1.29 is 9.53 Å². The van der Waals surface area contributed by atoms with Crippen LogP contribution in [0.25, 0.3) is 0 Å². The van der Waals surface area contributed by atoms with Gasteiger partial charge in [0.25, 0.3) is 0 Å². The first-order chi connectivity index (χ1) is 9.16. The molecular weight excluding hydrogens is 238 g/mol. The van der Waals surface area contributed by atoms with E-state index in [1.807, 2.05) is 18.2 Å². The number of hydrogen-bond acceptors (Lipinski definition) is 3. The largest absolute Gasteiger partial charge is 0.450 e. The zero-order valence-corrected chi connectivity index (χ0v) is 11.7. The summed E-state index contributed by atoms with van der Waals surface area (Å²) in [6.45, 7) is 6.51. The molecule has 3 heteroatoms. The minimum Gasteiger partial charge on any atom is -0.450 e. The van der Waals surface area contributed by atoms with Gasteiger partial charge < -0.3 is 9.64 Å². The zero-order chi connectivity index (χ0) is 13.5. The van der Waals surface area contributed by atoms with E-state index in [2.05, 4.69) is 24.8 Å². The van der Waals surface area contributed by atoms with Crippen LogP contribution in [0.4, 0.5) is 0 Å². The number of nitrogens with zero attached hydrogens (tertiary/aromatic N) is 1. The van der Waals surface area contributed by atoms with Gasteiger partial charge >= 0.3 is 5.97 Å². The Labute approximate surface area is 114 Å². The first-order valence-electron chi connectivity index (χ1n) is 7.23. The Bertz CT molecular complexity index is 489. The molecule has 2 heterocycles. The van der Waals surface area contributed by atoms with Crippen LogP contribution in [0.15, 0.2) is 24.3 Å². The predicted octanol–water partition coefficient (Wildman–Crippen LogP) is 2.95. The smallest absolute Gasteiger partial charge is 0.339 e. The van der Waals surface area contributed by atoms with Gasteiger partial charge in [0.15, 0.2) is 0 Å². The molecule has 2 aliphatic heterocycles. The third kappa shape index (κ3) is 1.96. The van der Waals surface area contributed by atoms with Gasteiger partial charge in [-0.3, -0.25) is 0 Å². The van der Waals surface area contributed by atoms with Crippen molar-refractivity contribution in [3.05, 3.63) is 35.4 Å². The van der Waals surface area contributed by atoms with E-state index in [1.165, 1.54) is 6.42 Å². The molecule has 19 heavy (non-hydrogen) atoms. The number of fused-ring (bicyclic) bond motifs is 2. The first kappa shape index (κ1) is 12.7. The van der Waals surface area contributed by atoms with Gasteiger partial charge in [-0.15, -0.1) is 0 Å². The van der Waals surface area contributed by atoms with Crippen molar-refractivity contribution in [1.82, 2.24) is 4.90 Å². The van der Waals surface area contributed by atoms with Crippen LogP contribution in [0.5, 0.6) is 0 Å². The highest BCUT2D eigenvalue weighted by atomic mass is 16.6. The number of benzene rings is 1. The molecule has 0 saturated carbocycles. The lowest BCUT2D eigenvalue weighted by Gasteiger charge is -2.40. The third-order valence-corrected chi connectivity index (χ3v) is 4.75. The highest BCUT2D eigenvalue weighted by Crippen LogP contribution is 2.44. The van der Waals surface area contributed by atoms with Crippen LogP contribution < -0.4 is 0 Å². The average molecular weight is 259 g/mol. The van der Waals surface area contributed by atoms with Crippen molar-refractivity contribution in [2.75, 3.05) is 13.1 Å². The molecule has 102 valence electrons. The van der Waals surface area contributed by atoms with Gasteiger partial charge in [0.1, 0.15) is 5.60 Å². The number of hydrogen-bond donors (Lipinski definition) is 0. The summed E-state index contributed by atoms with van der Waals surface area (Å²) >= 11 is 0. The lowest BCUT2D eigenvalue weighted by molar-refractivity contribution is -0.0482. The van der Waals surface area contributed by atoms with Crippen LogP contribution in [0.3, 0.4) is 0 Å².